The van der Waals surface area contributed by atoms with Gasteiger partial charge < -0.3 is 4.90 Å². The van der Waals surface area contributed by atoms with Gasteiger partial charge >= 0.3 is 0 Å². The lowest BCUT2D eigenvalue weighted by Gasteiger charge is -2.16. The summed E-state index contributed by atoms with van der Waals surface area (Å²) in [5.74, 6) is 0.687. The maximum absolute atomic E-state index is 13.1. The van der Waals surface area contributed by atoms with E-state index in [2.05, 4.69) is 0 Å². The first-order valence-electron chi connectivity index (χ1n) is 8.15. The summed E-state index contributed by atoms with van der Waals surface area (Å²) in [5.41, 5.74) is 1.76. The van der Waals surface area contributed by atoms with Gasteiger partial charge in [-0.1, -0.05) is 12.1 Å². The van der Waals surface area contributed by atoms with Crippen molar-refractivity contribution >= 4 is 27.2 Å². The predicted octanol–water partition coefficient (Wildman–Crippen LogP) is 3.09. The number of nitro benzene ring substituents is 1. The number of aromatic nitrogens is 2. The van der Waals surface area contributed by atoms with Crippen molar-refractivity contribution in [3.8, 4) is 0 Å². The van der Waals surface area contributed by atoms with E-state index in [4.69, 9.17) is 4.98 Å². The molecule has 8 heteroatoms. The molecule has 2 aromatic heterocycles. The van der Waals surface area contributed by atoms with Gasteiger partial charge in [-0.05, 0) is 39.1 Å². The van der Waals surface area contributed by atoms with Crippen LogP contribution in [-0.4, -0.2) is 33.5 Å². The molecule has 0 spiro atoms. The monoisotopic (exact) mass is 372 g/mol. The van der Waals surface area contributed by atoms with Crippen LogP contribution in [0.15, 0.2) is 29.1 Å². The Labute approximate surface area is 154 Å². The van der Waals surface area contributed by atoms with Crippen LogP contribution in [0.3, 0.4) is 0 Å². The highest BCUT2D eigenvalue weighted by atomic mass is 32.1. The van der Waals surface area contributed by atoms with Crippen molar-refractivity contribution in [1.82, 2.24) is 14.5 Å². The molecule has 0 atom stereocenters. The Morgan fingerprint density at radius 1 is 1.23 bits per heavy atom. The summed E-state index contributed by atoms with van der Waals surface area (Å²) in [6, 6.07) is 6.27. The number of hydrogen-bond acceptors (Lipinski definition) is 6. The highest BCUT2D eigenvalue weighted by Gasteiger charge is 2.17. The Balaban J connectivity index is 2.12. The van der Waals surface area contributed by atoms with Crippen molar-refractivity contribution in [2.75, 3.05) is 14.1 Å². The van der Waals surface area contributed by atoms with Crippen LogP contribution >= 0.6 is 11.3 Å². The molecule has 3 aromatic rings. The first-order valence-corrected chi connectivity index (χ1v) is 8.97. The van der Waals surface area contributed by atoms with Crippen LogP contribution in [0.1, 0.15) is 21.8 Å². The molecule has 0 fully saturated rings. The third kappa shape index (κ3) is 3.38. The minimum absolute atomic E-state index is 0.0347. The lowest BCUT2D eigenvalue weighted by molar-refractivity contribution is -0.384. The van der Waals surface area contributed by atoms with Crippen molar-refractivity contribution in [3.05, 3.63) is 66.6 Å². The van der Waals surface area contributed by atoms with Gasteiger partial charge in [0.05, 0.1) is 23.4 Å². The van der Waals surface area contributed by atoms with Crippen molar-refractivity contribution in [1.29, 1.82) is 0 Å². The molecule has 136 valence electrons. The van der Waals surface area contributed by atoms with Crippen LogP contribution in [0.4, 0.5) is 5.69 Å². The molecule has 0 N–H and O–H groups in total. The zero-order valence-corrected chi connectivity index (χ0v) is 16.0. The van der Waals surface area contributed by atoms with E-state index in [0.29, 0.717) is 24.3 Å². The maximum Gasteiger partial charge on any atom is 0.269 e. The Morgan fingerprint density at radius 2 is 1.88 bits per heavy atom. The number of fused-ring (bicyclic) bond motifs is 1. The molecule has 3 rings (SSSR count). The number of thiophene rings is 1. The second kappa shape index (κ2) is 6.97. The van der Waals surface area contributed by atoms with E-state index >= 15 is 0 Å². The third-order valence-electron chi connectivity index (χ3n) is 4.31. The van der Waals surface area contributed by atoms with E-state index in [1.165, 1.54) is 23.5 Å². The van der Waals surface area contributed by atoms with Gasteiger partial charge in [0.15, 0.2) is 0 Å². The van der Waals surface area contributed by atoms with E-state index < -0.39 is 4.92 Å². The second-order valence-electron chi connectivity index (χ2n) is 6.54. The zero-order valence-electron chi connectivity index (χ0n) is 15.1. The molecule has 2 heterocycles. The third-order valence-corrected chi connectivity index (χ3v) is 5.41. The van der Waals surface area contributed by atoms with E-state index in [-0.39, 0.29) is 11.2 Å². The molecule has 0 unspecified atom stereocenters. The average molecular weight is 372 g/mol. The molecule has 0 saturated carbocycles. The highest BCUT2D eigenvalue weighted by molar-refractivity contribution is 7.18. The number of hydrogen-bond donors (Lipinski definition) is 0. The van der Waals surface area contributed by atoms with Crippen LogP contribution in [0.5, 0.6) is 0 Å². The minimum Gasteiger partial charge on any atom is -0.302 e. The molecule has 0 radical (unpaired) electrons. The predicted molar refractivity (Wildman–Crippen MR) is 103 cm³/mol. The molecular weight excluding hydrogens is 352 g/mol. The SMILES string of the molecule is Cc1sc2nc(CN(C)C)n(Cc3ccc([N+](=O)[O-])cc3)c(=O)c2c1C. The molecule has 0 saturated heterocycles. The van der Waals surface area contributed by atoms with E-state index in [9.17, 15) is 14.9 Å². The van der Waals surface area contributed by atoms with Gasteiger partial charge in [-0.3, -0.25) is 19.5 Å². The van der Waals surface area contributed by atoms with Crippen LogP contribution in [0.2, 0.25) is 0 Å². The largest absolute Gasteiger partial charge is 0.302 e. The number of nitro groups is 1. The van der Waals surface area contributed by atoms with Crippen LogP contribution in [0.25, 0.3) is 10.2 Å². The van der Waals surface area contributed by atoms with Crippen LogP contribution in [-0.2, 0) is 13.1 Å². The van der Waals surface area contributed by atoms with Crippen molar-refractivity contribution < 1.29 is 4.92 Å². The molecule has 1 aromatic carbocycles. The maximum atomic E-state index is 13.1. The highest BCUT2D eigenvalue weighted by Crippen LogP contribution is 2.26. The topological polar surface area (TPSA) is 81.3 Å². The van der Waals surface area contributed by atoms with Gasteiger partial charge in [-0.2, -0.15) is 0 Å². The smallest absolute Gasteiger partial charge is 0.269 e. The quantitative estimate of drug-likeness (QED) is 0.508. The van der Waals surface area contributed by atoms with Crippen molar-refractivity contribution in [3.63, 3.8) is 0 Å². The molecule has 26 heavy (non-hydrogen) atoms. The van der Waals surface area contributed by atoms with Crippen LogP contribution in [0, 0.1) is 24.0 Å². The number of non-ortho nitro benzene ring substituents is 1. The summed E-state index contributed by atoms with van der Waals surface area (Å²) in [5, 5.41) is 11.5. The first-order chi connectivity index (χ1) is 12.3. The molecule has 0 bridgehead atoms. The fraction of sp³-hybridized carbons (Fsp3) is 0.333. The fourth-order valence-electron chi connectivity index (χ4n) is 2.84. The van der Waals surface area contributed by atoms with Crippen molar-refractivity contribution in [2.45, 2.75) is 26.9 Å². The van der Waals surface area contributed by atoms with E-state index in [1.807, 2.05) is 32.8 Å². The van der Waals surface area contributed by atoms with Gasteiger partial charge in [-0.25, -0.2) is 4.98 Å². The standard InChI is InChI=1S/C18H20N4O3S/c1-11-12(2)26-17-16(11)18(23)21(15(19-17)10-20(3)4)9-13-5-7-14(8-6-13)22(24)25/h5-8H,9-10H2,1-4H3. The molecule has 0 aliphatic carbocycles. The lowest BCUT2D eigenvalue weighted by Crippen LogP contribution is -2.28. The Bertz CT molecular complexity index is 1040. The van der Waals surface area contributed by atoms with Gasteiger partial charge in [0.2, 0.25) is 0 Å². The number of benzene rings is 1. The van der Waals surface area contributed by atoms with Gasteiger partial charge in [-0.15, -0.1) is 11.3 Å². The van der Waals surface area contributed by atoms with Crippen LogP contribution < -0.4 is 5.56 Å². The lowest BCUT2D eigenvalue weighted by atomic mass is 10.2. The summed E-state index contributed by atoms with van der Waals surface area (Å²) in [7, 11) is 3.86. The molecular formula is C18H20N4O3S. The molecule has 0 aliphatic rings. The second-order valence-corrected chi connectivity index (χ2v) is 7.75. The Morgan fingerprint density at radius 3 is 2.46 bits per heavy atom. The zero-order chi connectivity index (χ0) is 19.0. The van der Waals surface area contributed by atoms with Gasteiger partial charge in [0.1, 0.15) is 10.7 Å². The first kappa shape index (κ1) is 18.2. The minimum atomic E-state index is -0.432. The van der Waals surface area contributed by atoms with Gasteiger partial charge in [0.25, 0.3) is 11.2 Å². The average Bonchev–Trinajstić information content (AvgIpc) is 2.85. The summed E-state index contributed by atoms with van der Waals surface area (Å²) in [6.07, 6.45) is 0. The molecule has 7 nitrogen and oxygen atoms in total. The normalized spacial score (nSPS) is 11.4. The summed E-state index contributed by atoms with van der Waals surface area (Å²) in [4.78, 5) is 32.1. The number of aryl methyl sites for hydroxylation is 2. The molecule has 0 aliphatic heterocycles. The Kier molecular flexibility index (Phi) is 4.88. The number of rotatable bonds is 5. The van der Waals surface area contributed by atoms with E-state index in [1.54, 1.807) is 16.7 Å². The summed E-state index contributed by atoms with van der Waals surface area (Å²) in [6.45, 7) is 4.80. The van der Waals surface area contributed by atoms with E-state index in [0.717, 1.165) is 20.8 Å². The number of nitrogens with zero attached hydrogens (tertiary/aromatic N) is 4. The Hall–Kier alpha value is -2.58. The van der Waals surface area contributed by atoms with Crippen molar-refractivity contribution in [2.24, 2.45) is 0 Å². The summed E-state index contributed by atoms with van der Waals surface area (Å²) >= 11 is 1.54. The molecule has 0 amide bonds. The summed E-state index contributed by atoms with van der Waals surface area (Å²) < 4.78 is 1.67. The fourth-order valence-corrected chi connectivity index (χ4v) is 3.88. The van der Waals surface area contributed by atoms with Gasteiger partial charge in [0, 0.05) is 17.0 Å².